The average molecular weight is 275 g/mol. The molecule has 1 amide bonds. The molecule has 1 aromatic rings. The summed E-state index contributed by atoms with van der Waals surface area (Å²) in [5.74, 6) is 0.887. The number of nitrogens with one attached hydrogen (secondary N) is 1. The molecule has 110 valence electrons. The minimum Gasteiger partial charge on any atom is -0.326 e. The Morgan fingerprint density at radius 3 is 2.60 bits per heavy atom. The van der Waals surface area contributed by atoms with Crippen LogP contribution >= 0.6 is 0 Å². The minimum atomic E-state index is 0.0691. The van der Waals surface area contributed by atoms with Crippen molar-refractivity contribution in [2.45, 2.75) is 32.7 Å². The fourth-order valence-corrected chi connectivity index (χ4v) is 2.34. The van der Waals surface area contributed by atoms with Crippen molar-refractivity contribution < 1.29 is 4.79 Å². The number of benzene rings is 1. The lowest BCUT2D eigenvalue weighted by atomic mass is 10.2. The predicted octanol–water partition coefficient (Wildman–Crippen LogP) is 2.21. The van der Waals surface area contributed by atoms with Gasteiger partial charge in [0.1, 0.15) is 0 Å². The van der Waals surface area contributed by atoms with E-state index < -0.39 is 0 Å². The van der Waals surface area contributed by atoms with Crippen molar-refractivity contribution in [3.05, 3.63) is 29.8 Å². The molecule has 1 aliphatic rings. The molecule has 0 aliphatic heterocycles. The number of hydrogen-bond donors (Lipinski definition) is 2. The predicted molar refractivity (Wildman–Crippen MR) is 82.4 cm³/mol. The summed E-state index contributed by atoms with van der Waals surface area (Å²) in [6.45, 7) is 5.23. The van der Waals surface area contributed by atoms with Crippen LogP contribution in [-0.4, -0.2) is 30.4 Å². The van der Waals surface area contributed by atoms with Crippen molar-refractivity contribution in [3.63, 3.8) is 0 Å². The van der Waals surface area contributed by atoms with Crippen molar-refractivity contribution >= 4 is 11.6 Å². The number of nitrogens with zero attached hydrogens (tertiary/aromatic N) is 1. The van der Waals surface area contributed by atoms with Crippen LogP contribution in [0.5, 0.6) is 0 Å². The Morgan fingerprint density at radius 2 is 2.05 bits per heavy atom. The van der Waals surface area contributed by atoms with Crippen LogP contribution in [0.4, 0.5) is 5.69 Å². The smallest absolute Gasteiger partial charge is 0.238 e. The number of carbonyl (C=O) groups is 1. The van der Waals surface area contributed by atoms with Gasteiger partial charge in [-0.15, -0.1) is 0 Å². The molecule has 0 saturated heterocycles. The summed E-state index contributed by atoms with van der Waals surface area (Å²) in [5, 5.41) is 2.95. The van der Waals surface area contributed by atoms with Gasteiger partial charge in [0.05, 0.1) is 6.54 Å². The van der Waals surface area contributed by atoms with Gasteiger partial charge in [-0.3, -0.25) is 9.69 Å². The Balaban J connectivity index is 1.82. The Morgan fingerprint density at radius 1 is 1.35 bits per heavy atom. The highest BCUT2D eigenvalue weighted by molar-refractivity contribution is 5.92. The maximum absolute atomic E-state index is 12.1. The molecule has 3 N–H and O–H groups in total. The second kappa shape index (κ2) is 7.41. The lowest BCUT2D eigenvalue weighted by Crippen LogP contribution is -2.35. The Hall–Kier alpha value is -1.39. The molecule has 1 aliphatic carbocycles. The lowest BCUT2D eigenvalue weighted by Gasteiger charge is -2.20. The molecule has 1 aromatic carbocycles. The van der Waals surface area contributed by atoms with E-state index in [1.54, 1.807) is 0 Å². The summed E-state index contributed by atoms with van der Waals surface area (Å²) < 4.78 is 0. The highest BCUT2D eigenvalue weighted by atomic mass is 16.2. The van der Waals surface area contributed by atoms with Crippen LogP contribution in [0.2, 0.25) is 0 Å². The van der Waals surface area contributed by atoms with Gasteiger partial charge in [0, 0.05) is 18.8 Å². The zero-order valence-corrected chi connectivity index (χ0v) is 12.3. The number of carbonyl (C=O) groups excluding carboxylic acids is 1. The largest absolute Gasteiger partial charge is 0.326 e. The van der Waals surface area contributed by atoms with E-state index in [4.69, 9.17) is 5.73 Å². The molecule has 0 radical (unpaired) electrons. The van der Waals surface area contributed by atoms with Crippen molar-refractivity contribution in [2.75, 3.05) is 25.0 Å². The molecule has 20 heavy (non-hydrogen) atoms. The van der Waals surface area contributed by atoms with Gasteiger partial charge in [-0.1, -0.05) is 19.1 Å². The van der Waals surface area contributed by atoms with Gasteiger partial charge in [-0.05, 0) is 49.4 Å². The molecular weight excluding hydrogens is 250 g/mol. The van der Waals surface area contributed by atoms with Crippen LogP contribution in [0.3, 0.4) is 0 Å². The molecule has 0 heterocycles. The molecule has 0 atom stereocenters. The van der Waals surface area contributed by atoms with Crippen LogP contribution < -0.4 is 11.1 Å². The summed E-state index contributed by atoms with van der Waals surface area (Å²) >= 11 is 0. The van der Waals surface area contributed by atoms with Crippen LogP contribution in [0.1, 0.15) is 31.7 Å². The van der Waals surface area contributed by atoms with Gasteiger partial charge in [-0.25, -0.2) is 0 Å². The summed E-state index contributed by atoms with van der Waals surface area (Å²) in [6, 6.07) is 7.71. The number of nitrogens with two attached hydrogens (primary N) is 1. The Bertz CT molecular complexity index is 426. The van der Waals surface area contributed by atoms with Crippen LogP contribution in [0.25, 0.3) is 0 Å². The molecule has 0 unspecified atom stereocenters. The normalized spacial score (nSPS) is 14.6. The van der Waals surface area contributed by atoms with E-state index in [1.165, 1.54) is 12.8 Å². The summed E-state index contributed by atoms with van der Waals surface area (Å²) in [5.41, 5.74) is 7.47. The molecule has 4 nitrogen and oxygen atoms in total. The van der Waals surface area contributed by atoms with E-state index in [1.807, 2.05) is 24.3 Å². The molecule has 1 fully saturated rings. The van der Waals surface area contributed by atoms with E-state index in [0.717, 1.165) is 36.7 Å². The fourth-order valence-electron chi connectivity index (χ4n) is 2.34. The quantitative estimate of drug-likeness (QED) is 0.764. The lowest BCUT2D eigenvalue weighted by molar-refractivity contribution is -0.117. The minimum absolute atomic E-state index is 0.0691. The van der Waals surface area contributed by atoms with Gasteiger partial charge in [-0.2, -0.15) is 0 Å². The van der Waals surface area contributed by atoms with E-state index in [0.29, 0.717) is 13.1 Å². The Labute approximate surface area is 121 Å². The van der Waals surface area contributed by atoms with Gasteiger partial charge < -0.3 is 11.1 Å². The van der Waals surface area contributed by atoms with Crippen molar-refractivity contribution in [2.24, 2.45) is 11.7 Å². The Kier molecular flexibility index (Phi) is 5.56. The second-order valence-corrected chi connectivity index (χ2v) is 5.63. The maximum Gasteiger partial charge on any atom is 0.238 e. The maximum atomic E-state index is 12.1. The molecule has 4 heteroatoms. The third-order valence-electron chi connectivity index (χ3n) is 3.59. The molecule has 0 spiro atoms. The SMILES string of the molecule is CCCN(CC(=O)Nc1ccc(CN)cc1)CC1CC1. The first-order valence-electron chi connectivity index (χ1n) is 7.52. The van der Waals surface area contributed by atoms with E-state index in [9.17, 15) is 4.79 Å². The third-order valence-corrected chi connectivity index (χ3v) is 3.59. The van der Waals surface area contributed by atoms with E-state index in [-0.39, 0.29) is 5.91 Å². The third kappa shape index (κ3) is 4.94. The van der Waals surface area contributed by atoms with Crippen LogP contribution in [0.15, 0.2) is 24.3 Å². The topological polar surface area (TPSA) is 58.4 Å². The monoisotopic (exact) mass is 275 g/mol. The van der Waals surface area contributed by atoms with Gasteiger partial charge in [0.15, 0.2) is 0 Å². The van der Waals surface area contributed by atoms with Crippen molar-refractivity contribution in [3.8, 4) is 0 Å². The summed E-state index contributed by atoms with van der Waals surface area (Å²) in [6.07, 6.45) is 3.73. The molecule has 1 saturated carbocycles. The van der Waals surface area contributed by atoms with E-state index >= 15 is 0 Å². The van der Waals surface area contributed by atoms with Gasteiger partial charge in [0.25, 0.3) is 0 Å². The van der Waals surface area contributed by atoms with Crippen molar-refractivity contribution in [1.82, 2.24) is 4.90 Å². The highest BCUT2D eigenvalue weighted by Crippen LogP contribution is 2.29. The van der Waals surface area contributed by atoms with Gasteiger partial charge in [0.2, 0.25) is 5.91 Å². The first-order chi connectivity index (χ1) is 9.71. The van der Waals surface area contributed by atoms with Crippen LogP contribution in [0, 0.1) is 5.92 Å². The first kappa shape index (κ1) is 15.0. The van der Waals surface area contributed by atoms with Crippen molar-refractivity contribution in [1.29, 1.82) is 0 Å². The molecule has 0 aromatic heterocycles. The van der Waals surface area contributed by atoms with Crippen LogP contribution in [-0.2, 0) is 11.3 Å². The fraction of sp³-hybridized carbons (Fsp3) is 0.562. The number of hydrogen-bond acceptors (Lipinski definition) is 3. The molecule has 0 bridgehead atoms. The zero-order valence-electron chi connectivity index (χ0n) is 12.3. The average Bonchev–Trinajstić information content (AvgIpc) is 3.23. The molecule has 2 rings (SSSR count). The van der Waals surface area contributed by atoms with Gasteiger partial charge >= 0.3 is 0 Å². The number of anilines is 1. The second-order valence-electron chi connectivity index (χ2n) is 5.63. The standard InChI is InChI=1S/C16H25N3O/c1-2-9-19(11-14-3-4-14)12-16(20)18-15-7-5-13(10-17)6-8-15/h5-8,14H,2-4,9-12,17H2,1H3,(H,18,20). The molecular formula is C16H25N3O. The number of amides is 1. The zero-order chi connectivity index (χ0) is 14.4. The van der Waals surface area contributed by atoms with E-state index in [2.05, 4.69) is 17.1 Å². The summed E-state index contributed by atoms with van der Waals surface area (Å²) in [7, 11) is 0. The highest BCUT2D eigenvalue weighted by Gasteiger charge is 2.24. The number of rotatable bonds is 8. The first-order valence-corrected chi connectivity index (χ1v) is 7.52. The summed E-state index contributed by atoms with van der Waals surface area (Å²) in [4.78, 5) is 14.3.